The van der Waals surface area contributed by atoms with E-state index in [2.05, 4.69) is 59.9 Å². The zero-order valence-corrected chi connectivity index (χ0v) is 17.3. The quantitative estimate of drug-likeness (QED) is 0.458. The van der Waals surface area contributed by atoms with E-state index in [9.17, 15) is 0 Å². The number of rotatable bonds is 5. The molecule has 3 rings (SSSR count). The fourth-order valence-corrected chi connectivity index (χ4v) is 4.62. The number of nitrogens with one attached hydrogen (secondary N) is 1. The number of fused-ring (bicyclic) bond motifs is 1. The molecule has 2 nitrogen and oxygen atoms in total. The molecule has 0 aliphatic carbocycles. The molecular weight excluding hydrogens is 396 g/mol. The first-order chi connectivity index (χ1) is 11.9. The molecule has 1 heterocycles. The van der Waals surface area contributed by atoms with Crippen LogP contribution in [0.1, 0.15) is 35.1 Å². The molecule has 3 N–H and O–H groups in total. The summed E-state index contributed by atoms with van der Waals surface area (Å²) in [7, 11) is 0. The van der Waals surface area contributed by atoms with E-state index in [0.29, 0.717) is 0 Å². The lowest BCUT2D eigenvalue weighted by Crippen LogP contribution is -2.00. The largest absolute Gasteiger partial charge is 0.353 e. The van der Waals surface area contributed by atoms with Crippen LogP contribution in [0.3, 0.4) is 0 Å². The van der Waals surface area contributed by atoms with E-state index in [-0.39, 0.29) is 0 Å². The molecular formula is C21H24BrClN2. The van der Waals surface area contributed by atoms with Gasteiger partial charge in [0.15, 0.2) is 0 Å². The van der Waals surface area contributed by atoms with Crippen LogP contribution in [0.25, 0.3) is 22.2 Å². The maximum absolute atomic E-state index is 6.52. The molecule has 0 spiro atoms. The van der Waals surface area contributed by atoms with Crippen LogP contribution in [0.4, 0.5) is 0 Å². The monoisotopic (exact) mass is 418 g/mol. The van der Waals surface area contributed by atoms with Crippen molar-refractivity contribution in [2.24, 2.45) is 5.73 Å². The number of benzene rings is 2. The van der Waals surface area contributed by atoms with Crippen LogP contribution in [0.15, 0.2) is 28.7 Å². The number of aromatic nitrogens is 1. The van der Waals surface area contributed by atoms with Gasteiger partial charge in [0.1, 0.15) is 0 Å². The topological polar surface area (TPSA) is 41.8 Å². The summed E-state index contributed by atoms with van der Waals surface area (Å²) in [6.45, 7) is 7.24. The molecule has 0 saturated heterocycles. The molecule has 25 heavy (non-hydrogen) atoms. The lowest BCUT2D eigenvalue weighted by Gasteiger charge is -2.13. The number of hydrogen-bond donors (Lipinski definition) is 2. The number of unbranched alkanes of at least 4 members (excludes halogenated alkanes) is 1. The number of aromatic amines is 1. The van der Waals surface area contributed by atoms with Gasteiger partial charge in [-0.25, -0.2) is 0 Å². The van der Waals surface area contributed by atoms with Gasteiger partial charge in [-0.2, -0.15) is 0 Å². The van der Waals surface area contributed by atoms with Crippen molar-refractivity contribution in [2.45, 2.75) is 40.0 Å². The smallest absolute Gasteiger partial charge is 0.0658 e. The Hall–Kier alpha value is -1.29. The Balaban J connectivity index is 2.27. The Morgan fingerprint density at radius 2 is 1.72 bits per heavy atom. The fraction of sp³-hybridized carbons (Fsp3) is 0.333. The summed E-state index contributed by atoms with van der Waals surface area (Å²) in [5.74, 6) is 0. The van der Waals surface area contributed by atoms with Crippen LogP contribution in [-0.2, 0) is 6.42 Å². The molecule has 2 aromatic carbocycles. The van der Waals surface area contributed by atoms with Crippen molar-refractivity contribution in [3.8, 4) is 11.3 Å². The molecule has 3 aromatic rings. The van der Waals surface area contributed by atoms with Crippen LogP contribution in [0.5, 0.6) is 0 Å². The minimum atomic E-state index is 0.727. The second-order valence-electron chi connectivity index (χ2n) is 6.81. The van der Waals surface area contributed by atoms with Crippen molar-refractivity contribution in [1.29, 1.82) is 0 Å². The molecule has 0 aliphatic heterocycles. The number of H-pyrrole nitrogens is 1. The first kappa shape index (κ1) is 18.5. The van der Waals surface area contributed by atoms with Gasteiger partial charge in [-0.15, -0.1) is 0 Å². The Labute approximate surface area is 162 Å². The predicted octanol–water partition coefficient (Wildman–Crippen LogP) is 6.46. The molecule has 0 amide bonds. The van der Waals surface area contributed by atoms with Crippen molar-refractivity contribution in [3.63, 3.8) is 0 Å². The third-order valence-corrected chi connectivity index (χ3v) is 5.50. The van der Waals surface area contributed by atoms with E-state index in [1.54, 1.807) is 0 Å². The minimum Gasteiger partial charge on any atom is -0.353 e. The first-order valence-corrected chi connectivity index (χ1v) is 9.87. The second-order valence-corrected chi connectivity index (χ2v) is 8.13. The Bertz CT molecular complexity index is 904. The molecule has 0 radical (unpaired) electrons. The summed E-state index contributed by atoms with van der Waals surface area (Å²) in [5, 5.41) is 1.95. The Kier molecular flexibility index (Phi) is 5.57. The average Bonchev–Trinajstić information content (AvgIpc) is 2.85. The van der Waals surface area contributed by atoms with Crippen molar-refractivity contribution in [3.05, 3.63) is 56.0 Å². The zero-order chi connectivity index (χ0) is 18.1. The number of hydrogen-bond acceptors (Lipinski definition) is 1. The molecule has 0 aliphatic rings. The summed E-state index contributed by atoms with van der Waals surface area (Å²) < 4.78 is 1.01. The second kappa shape index (κ2) is 7.53. The standard InChI is InChI=1S/C21H24BrClN2/c1-12-8-13(2)19(14(3)9-12)21-16(6-4-5-7-24)17-10-15(22)11-18(23)20(17)25-21/h8-11,25H,4-7,24H2,1-3H3. The highest BCUT2D eigenvalue weighted by atomic mass is 79.9. The van der Waals surface area contributed by atoms with Crippen molar-refractivity contribution < 1.29 is 0 Å². The van der Waals surface area contributed by atoms with Crippen LogP contribution in [-0.4, -0.2) is 11.5 Å². The number of halogens is 2. The van der Waals surface area contributed by atoms with Crippen molar-refractivity contribution in [2.75, 3.05) is 6.54 Å². The third kappa shape index (κ3) is 3.64. The van der Waals surface area contributed by atoms with E-state index in [1.165, 1.54) is 38.9 Å². The lowest BCUT2D eigenvalue weighted by atomic mass is 9.93. The molecule has 0 unspecified atom stereocenters. The van der Waals surface area contributed by atoms with Crippen LogP contribution >= 0.6 is 27.5 Å². The molecule has 0 atom stereocenters. The van der Waals surface area contributed by atoms with Crippen LogP contribution in [0, 0.1) is 20.8 Å². The van der Waals surface area contributed by atoms with Gasteiger partial charge < -0.3 is 10.7 Å². The maximum Gasteiger partial charge on any atom is 0.0658 e. The lowest BCUT2D eigenvalue weighted by molar-refractivity contribution is 0.748. The first-order valence-electron chi connectivity index (χ1n) is 8.70. The third-order valence-electron chi connectivity index (χ3n) is 4.74. The highest BCUT2D eigenvalue weighted by Crippen LogP contribution is 2.39. The van der Waals surface area contributed by atoms with Gasteiger partial charge >= 0.3 is 0 Å². The normalized spacial score (nSPS) is 11.4. The van der Waals surface area contributed by atoms with E-state index >= 15 is 0 Å². The van der Waals surface area contributed by atoms with Gasteiger partial charge in [-0.05, 0) is 75.4 Å². The molecule has 132 valence electrons. The molecule has 4 heteroatoms. The molecule has 1 aromatic heterocycles. The Morgan fingerprint density at radius 3 is 2.36 bits per heavy atom. The number of aryl methyl sites for hydroxylation is 4. The predicted molar refractivity (Wildman–Crippen MR) is 113 cm³/mol. The van der Waals surface area contributed by atoms with Crippen LogP contribution in [0.2, 0.25) is 5.02 Å². The SMILES string of the molecule is Cc1cc(C)c(-c2[nH]c3c(Cl)cc(Br)cc3c2CCCCN)c(C)c1. The molecule has 0 bridgehead atoms. The van der Waals surface area contributed by atoms with Gasteiger partial charge in [-0.3, -0.25) is 0 Å². The van der Waals surface area contributed by atoms with E-state index in [4.69, 9.17) is 17.3 Å². The minimum absolute atomic E-state index is 0.727. The zero-order valence-electron chi connectivity index (χ0n) is 15.0. The summed E-state index contributed by atoms with van der Waals surface area (Å²) in [5.41, 5.74) is 14.4. The molecule has 0 fully saturated rings. The van der Waals surface area contributed by atoms with Gasteiger partial charge in [0.2, 0.25) is 0 Å². The van der Waals surface area contributed by atoms with Gasteiger partial charge in [0.25, 0.3) is 0 Å². The van der Waals surface area contributed by atoms with E-state index < -0.39 is 0 Å². The summed E-state index contributed by atoms with van der Waals surface area (Å²) in [6, 6.07) is 8.60. The highest BCUT2D eigenvalue weighted by Gasteiger charge is 2.18. The fourth-order valence-electron chi connectivity index (χ4n) is 3.77. The van der Waals surface area contributed by atoms with E-state index in [1.807, 2.05) is 6.07 Å². The molecule has 0 saturated carbocycles. The van der Waals surface area contributed by atoms with Crippen molar-refractivity contribution in [1.82, 2.24) is 4.98 Å². The summed E-state index contributed by atoms with van der Waals surface area (Å²) in [4.78, 5) is 3.62. The van der Waals surface area contributed by atoms with Gasteiger partial charge in [-0.1, -0.05) is 45.2 Å². The van der Waals surface area contributed by atoms with Crippen molar-refractivity contribution >= 4 is 38.4 Å². The van der Waals surface area contributed by atoms with Gasteiger partial charge in [0.05, 0.1) is 16.2 Å². The van der Waals surface area contributed by atoms with E-state index in [0.717, 1.165) is 40.8 Å². The van der Waals surface area contributed by atoms with Crippen LogP contribution < -0.4 is 5.73 Å². The number of nitrogens with two attached hydrogens (primary N) is 1. The summed E-state index contributed by atoms with van der Waals surface area (Å²) >= 11 is 10.1. The maximum atomic E-state index is 6.52. The average molecular weight is 420 g/mol. The summed E-state index contributed by atoms with van der Waals surface area (Å²) in [6.07, 6.45) is 3.09. The van der Waals surface area contributed by atoms with Gasteiger partial charge in [0, 0.05) is 15.4 Å². The highest BCUT2D eigenvalue weighted by molar-refractivity contribution is 9.10. The Morgan fingerprint density at radius 1 is 1.04 bits per heavy atom.